The Balaban J connectivity index is 1.99. The molecular weight excluding hydrogens is 258 g/mol. The Hall–Kier alpha value is -1.01. The zero-order valence-corrected chi connectivity index (χ0v) is 10.9. The van der Waals surface area contributed by atoms with Gasteiger partial charge in [-0.05, 0) is 17.7 Å². The highest BCUT2D eigenvalue weighted by Crippen LogP contribution is 2.39. The van der Waals surface area contributed by atoms with Gasteiger partial charge in [-0.15, -0.1) is 0 Å². The molecule has 0 aliphatic carbocycles. The molecule has 0 radical (unpaired) electrons. The molecule has 100 valence electrons. The van der Waals surface area contributed by atoms with Crippen LogP contribution in [-0.2, 0) is 11.3 Å². The molecule has 1 heterocycles. The number of aliphatic hydroxyl groups excluding tert-OH is 1. The summed E-state index contributed by atoms with van der Waals surface area (Å²) in [7, 11) is 1.60. The van der Waals surface area contributed by atoms with E-state index in [-0.39, 0.29) is 19.4 Å². The number of benzene rings is 1. The molecule has 0 saturated heterocycles. The molecule has 2 rings (SSSR count). The van der Waals surface area contributed by atoms with Crippen molar-refractivity contribution in [2.24, 2.45) is 0 Å². The Labute approximate surface area is 111 Å². The van der Waals surface area contributed by atoms with E-state index in [0.717, 1.165) is 5.56 Å². The molecule has 6 heteroatoms. The van der Waals surface area contributed by atoms with Crippen molar-refractivity contribution in [2.75, 3.05) is 27.1 Å². The van der Waals surface area contributed by atoms with Gasteiger partial charge in [0.05, 0.1) is 24.3 Å². The number of aliphatic hydroxyl groups is 1. The molecule has 1 atom stereocenters. The van der Waals surface area contributed by atoms with Gasteiger partial charge in [0.1, 0.15) is 0 Å². The summed E-state index contributed by atoms with van der Waals surface area (Å²) in [6.45, 7) is 1.25. The van der Waals surface area contributed by atoms with Crippen LogP contribution in [0.3, 0.4) is 0 Å². The van der Waals surface area contributed by atoms with Crippen molar-refractivity contribution in [3.8, 4) is 11.5 Å². The first kappa shape index (κ1) is 13.4. The number of nitrogens with one attached hydrogen (secondary N) is 1. The van der Waals surface area contributed by atoms with E-state index >= 15 is 0 Å². The van der Waals surface area contributed by atoms with Gasteiger partial charge in [-0.3, -0.25) is 0 Å². The number of hydrogen-bond acceptors (Lipinski definition) is 5. The van der Waals surface area contributed by atoms with Gasteiger partial charge in [-0.2, -0.15) is 0 Å². The van der Waals surface area contributed by atoms with Crippen molar-refractivity contribution in [1.29, 1.82) is 0 Å². The van der Waals surface area contributed by atoms with Crippen LogP contribution >= 0.6 is 11.6 Å². The van der Waals surface area contributed by atoms with Gasteiger partial charge in [0.2, 0.25) is 6.79 Å². The van der Waals surface area contributed by atoms with E-state index in [4.69, 9.17) is 30.9 Å². The van der Waals surface area contributed by atoms with Gasteiger partial charge in [0.25, 0.3) is 0 Å². The van der Waals surface area contributed by atoms with Gasteiger partial charge >= 0.3 is 0 Å². The van der Waals surface area contributed by atoms with E-state index in [1.54, 1.807) is 7.11 Å². The second kappa shape index (κ2) is 6.24. The second-order valence-electron chi connectivity index (χ2n) is 4.03. The number of halogens is 1. The van der Waals surface area contributed by atoms with Crippen LogP contribution in [-0.4, -0.2) is 38.3 Å². The minimum atomic E-state index is -0.0980. The standard InChI is InChI=1S/C12H16ClNO4/c1-16-6-9(5-15)14-4-8-2-10(13)12-11(3-8)17-7-18-12/h2-3,9,14-15H,4-7H2,1H3. The Bertz CT molecular complexity index is 413. The van der Waals surface area contributed by atoms with Crippen LogP contribution in [0.4, 0.5) is 0 Å². The van der Waals surface area contributed by atoms with Crippen molar-refractivity contribution >= 4 is 11.6 Å². The van der Waals surface area contributed by atoms with Crippen molar-refractivity contribution < 1.29 is 19.3 Å². The summed E-state index contributed by atoms with van der Waals surface area (Å²) in [5, 5.41) is 12.8. The zero-order valence-electron chi connectivity index (χ0n) is 10.1. The molecule has 1 aliphatic heterocycles. The molecule has 1 aliphatic rings. The third-order valence-electron chi connectivity index (χ3n) is 2.67. The molecule has 18 heavy (non-hydrogen) atoms. The van der Waals surface area contributed by atoms with Gasteiger partial charge in [0, 0.05) is 13.7 Å². The average Bonchev–Trinajstić information content (AvgIpc) is 2.83. The first-order chi connectivity index (χ1) is 8.74. The largest absolute Gasteiger partial charge is 0.454 e. The number of hydrogen-bond donors (Lipinski definition) is 2. The van der Waals surface area contributed by atoms with Crippen LogP contribution in [0.15, 0.2) is 12.1 Å². The van der Waals surface area contributed by atoms with Crippen molar-refractivity contribution in [2.45, 2.75) is 12.6 Å². The Morgan fingerprint density at radius 2 is 2.33 bits per heavy atom. The summed E-state index contributed by atoms with van der Waals surface area (Å²) in [5.41, 5.74) is 0.971. The fourth-order valence-corrected chi connectivity index (χ4v) is 2.05. The van der Waals surface area contributed by atoms with E-state index in [9.17, 15) is 0 Å². The van der Waals surface area contributed by atoms with Crippen molar-refractivity contribution in [3.63, 3.8) is 0 Å². The highest BCUT2D eigenvalue weighted by molar-refractivity contribution is 6.32. The third-order valence-corrected chi connectivity index (χ3v) is 2.95. The minimum absolute atomic E-state index is 0.0200. The quantitative estimate of drug-likeness (QED) is 0.815. The van der Waals surface area contributed by atoms with Crippen LogP contribution in [0, 0.1) is 0 Å². The number of ether oxygens (including phenoxy) is 3. The van der Waals surface area contributed by atoms with Crippen molar-refractivity contribution in [1.82, 2.24) is 5.32 Å². The number of rotatable bonds is 6. The molecular formula is C12H16ClNO4. The van der Waals surface area contributed by atoms with Crippen LogP contribution < -0.4 is 14.8 Å². The first-order valence-electron chi connectivity index (χ1n) is 5.65. The first-order valence-corrected chi connectivity index (χ1v) is 6.03. The normalized spacial score (nSPS) is 14.8. The highest BCUT2D eigenvalue weighted by atomic mass is 35.5. The molecule has 1 aromatic carbocycles. The molecule has 5 nitrogen and oxygen atoms in total. The second-order valence-corrected chi connectivity index (χ2v) is 4.43. The summed E-state index contributed by atoms with van der Waals surface area (Å²) < 4.78 is 15.5. The maximum absolute atomic E-state index is 9.13. The molecule has 0 aromatic heterocycles. The van der Waals surface area contributed by atoms with E-state index in [1.807, 2.05) is 12.1 Å². The van der Waals surface area contributed by atoms with Gasteiger partial charge in [0.15, 0.2) is 11.5 Å². The van der Waals surface area contributed by atoms with E-state index in [1.165, 1.54) is 0 Å². The minimum Gasteiger partial charge on any atom is -0.454 e. The lowest BCUT2D eigenvalue weighted by Crippen LogP contribution is -2.35. The zero-order chi connectivity index (χ0) is 13.0. The lowest BCUT2D eigenvalue weighted by Gasteiger charge is -2.15. The van der Waals surface area contributed by atoms with Gasteiger partial charge < -0.3 is 24.6 Å². The SMILES string of the molecule is COCC(CO)NCc1cc(Cl)c2c(c1)OCO2. The molecule has 0 fully saturated rings. The van der Waals surface area contributed by atoms with Crippen LogP contribution in [0.2, 0.25) is 5.02 Å². The Morgan fingerprint density at radius 3 is 3.06 bits per heavy atom. The number of methoxy groups -OCH3 is 1. The predicted octanol–water partition coefficient (Wildman–Crippen LogP) is 1.17. The topological polar surface area (TPSA) is 60.0 Å². The highest BCUT2D eigenvalue weighted by Gasteiger charge is 2.18. The third kappa shape index (κ3) is 3.05. The van der Waals surface area contributed by atoms with Crippen LogP contribution in [0.1, 0.15) is 5.56 Å². The van der Waals surface area contributed by atoms with Gasteiger partial charge in [-0.25, -0.2) is 0 Å². The van der Waals surface area contributed by atoms with E-state index < -0.39 is 0 Å². The monoisotopic (exact) mass is 273 g/mol. The fourth-order valence-electron chi connectivity index (χ4n) is 1.76. The lowest BCUT2D eigenvalue weighted by atomic mass is 10.2. The van der Waals surface area contributed by atoms with E-state index in [2.05, 4.69) is 5.32 Å². The van der Waals surface area contributed by atoms with Crippen molar-refractivity contribution in [3.05, 3.63) is 22.7 Å². The Morgan fingerprint density at radius 1 is 1.50 bits per heavy atom. The average molecular weight is 274 g/mol. The predicted molar refractivity (Wildman–Crippen MR) is 67.2 cm³/mol. The molecule has 1 unspecified atom stereocenters. The summed E-state index contributed by atoms with van der Waals surface area (Å²) >= 11 is 6.08. The van der Waals surface area contributed by atoms with Crippen LogP contribution in [0.5, 0.6) is 11.5 Å². The fraction of sp³-hybridized carbons (Fsp3) is 0.500. The summed E-state index contributed by atoms with van der Waals surface area (Å²) in [4.78, 5) is 0. The van der Waals surface area contributed by atoms with Crippen LogP contribution in [0.25, 0.3) is 0 Å². The number of fused-ring (bicyclic) bond motifs is 1. The lowest BCUT2D eigenvalue weighted by molar-refractivity contribution is 0.128. The molecule has 2 N–H and O–H groups in total. The summed E-state index contributed by atoms with van der Waals surface area (Å²) in [5.74, 6) is 1.25. The molecule has 0 bridgehead atoms. The van der Waals surface area contributed by atoms with Gasteiger partial charge in [-0.1, -0.05) is 11.6 Å². The smallest absolute Gasteiger partial charge is 0.231 e. The summed E-state index contributed by atoms with van der Waals surface area (Å²) in [6, 6.07) is 3.60. The molecule has 0 saturated carbocycles. The molecule has 0 spiro atoms. The molecule has 1 aromatic rings. The Kier molecular flexibility index (Phi) is 4.66. The maximum atomic E-state index is 9.13. The van der Waals surface area contributed by atoms with E-state index in [0.29, 0.717) is 29.7 Å². The molecule has 0 amide bonds. The maximum Gasteiger partial charge on any atom is 0.231 e. The summed E-state index contributed by atoms with van der Waals surface area (Å²) in [6.07, 6.45) is 0.